The fourth-order valence-electron chi connectivity index (χ4n) is 1.67. The molecule has 0 spiro atoms. The minimum Gasteiger partial charge on any atom is -0.384 e. The van der Waals surface area contributed by atoms with Crippen LogP contribution in [-0.4, -0.2) is 14.7 Å². The molecule has 0 fully saturated rings. The molecule has 1 aromatic rings. The Morgan fingerprint density at radius 2 is 2.55 bits per heavy atom. The van der Waals surface area contributed by atoms with E-state index < -0.39 is 5.60 Å². The summed E-state index contributed by atoms with van der Waals surface area (Å²) in [6.45, 7) is 2.84. The third kappa shape index (κ3) is 0.959. The van der Waals surface area contributed by atoms with Crippen LogP contribution in [0.15, 0.2) is 12.5 Å². The average molecular weight is 152 g/mol. The molecule has 0 bridgehead atoms. The quantitative estimate of drug-likeness (QED) is 0.599. The van der Waals surface area contributed by atoms with Crippen LogP contribution in [-0.2, 0) is 12.1 Å². The molecule has 0 aliphatic carbocycles. The summed E-state index contributed by atoms with van der Waals surface area (Å²) in [7, 11) is 0. The molecule has 2 heterocycles. The maximum atomic E-state index is 9.85. The van der Waals surface area contributed by atoms with Gasteiger partial charge in [-0.15, -0.1) is 0 Å². The number of hydrogen-bond donors (Lipinski definition) is 1. The molecule has 0 aromatic carbocycles. The van der Waals surface area contributed by atoms with Crippen molar-refractivity contribution in [3.05, 3.63) is 18.2 Å². The number of aromatic nitrogens is 2. The zero-order valence-electron chi connectivity index (χ0n) is 6.62. The summed E-state index contributed by atoms with van der Waals surface area (Å²) in [4.78, 5) is 4.00. The fraction of sp³-hybridized carbons (Fsp3) is 0.625. The van der Waals surface area contributed by atoms with Crippen LogP contribution in [0.25, 0.3) is 0 Å². The second kappa shape index (κ2) is 2.08. The van der Waals surface area contributed by atoms with Crippen molar-refractivity contribution in [1.82, 2.24) is 9.55 Å². The van der Waals surface area contributed by atoms with Gasteiger partial charge in [0.05, 0.1) is 18.2 Å². The summed E-state index contributed by atoms with van der Waals surface area (Å²) >= 11 is 0. The summed E-state index contributed by atoms with van der Waals surface area (Å²) in [6, 6.07) is 0. The molecule has 0 saturated carbocycles. The molecule has 60 valence electrons. The first-order chi connectivity index (χ1) is 5.20. The van der Waals surface area contributed by atoms with Crippen LogP contribution in [0.5, 0.6) is 0 Å². The molecule has 11 heavy (non-hydrogen) atoms. The molecule has 1 aromatic heterocycles. The first-order valence-corrected chi connectivity index (χ1v) is 3.93. The molecule has 2 rings (SSSR count). The summed E-state index contributed by atoms with van der Waals surface area (Å²) in [6.07, 6.45) is 5.41. The van der Waals surface area contributed by atoms with E-state index in [-0.39, 0.29) is 0 Å². The van der Waals surface area contributed by atoms with Gasteiger partial charge in [-0.2, -0.15) is 0 Å². The summed E-state index contributed by atoms with van der Waals surface area (Å²) < 4.78 is 2.02. The van der Waals surface area contributed by atoms with Crippen molar-refractivity contribution in [3.8, 4) is 0 Å². The van der Waals surface area contributed by atoms with E-state index in [2.05, 4.69) is 4.98 Å². The van der Waals surface area contributed by atoms with Gasteiger partial charge in [0.15, 0.2) is 0 Å². The van der Waals surface area contributed by atoms with Gasteiger partial charge in [0.2, 0.25) is 0 Å². The predicted molar refractivity (Wildman–Crippen MR) is 41.0 cm³/mol. The highest BCUT2D eigenvalue weighted by molar-refractivity contribution is 5.10. The van der Waals surface area contributed by atoms with Crippen molar-refractivity contribution >= 4 is 0 Å². The largest absolute Gasteiger partial charge is 0.384 e. The molecule has 3 nitrogen and oxygen atoms in total. The van der Waals surface area contributed by atoms with Crippen molar-refractivity contribution in [3.63, 3.8) is 0 Å². The van der Waals surface area contributed by atoms with Crippen LogP contribution in [0.4, 0.5) is 0 Å². The van der Waals surface area contributed by atoms with Gasteiger partial charge in [-0.1, -0.05) is 0 Å². The van der Waals surface area contributed by atoms with Gasteiger partial charge in [0.1, 0.15) is 5.60 Å². The van der Waals surface area contributed by atoms with Crippen molar-refractivity contribution < 1.29 is 5.11 Å². The number of nitrogens with zero attached hydrogens (tertiary/aromatic N) is 2. The lowest BCUT2D eigenvalue weighted by atomic mass is 9.93. The SMILES string of the molecule is CC1(O)CCCn2cncc21. The monoisotopic (exact) mass is 152 g/mol. The minimum atomic E-state index is -0.658. The Morgan fingerprint density at radius 1 is 1.73 bits per heavy atom. The van der Waals surface area contributed by atoms with E-state index in [0.717, 1.165) is 25.1 Å². The standard InChI is InChI=1S/C8H12N2O/c1-8(11)3-2-4-10-6-9-5-7(8)10/h5-6,11H,2-4H2,1H3. The number of aryl methyl sites for hydroxylation is 1. The topological polar surface area (TPSA) is 38.0 Å². The highest BCUT2D eigenvalue weighted by atomic mass is 16.3. The lowest BCUT2D eigenvalue weighted by molar-refractivity contribution is 0.0247. The summed E-state index contributed by atoms with van der Waals surface area (Å²) in [5.74, 6) is 0. The number of hydrogen-bond acceptors (Lipinski definition) is 2. The van der Waals surface area contributed by atoms with E-state index in [1.165, 1.54) is 0 Å². The molecule has 1 N–H and O–H groups in total. The van der Waals surface area contributed by atoms with E-state index in [0.29, 0.717) is 0 Å². The summed E-state index contributed by atoms with van der Waals surface area (Å²) in [5, 5.41) is 9.85. The van der Waals surface area contributed by atoms with Gasteiger partial charge < -0.3 is 9.67 Å². The molecule has 1 aliphatic rings. The number of fused-ring (bicyclic) bond motifs is 1. The Kier molecular flexibility index (Phi) is 1.29. The molecular weight excluding hydrogens is 140 g/mol. The molecule has 0 radical (unpaired) electrons. The highest BCUT2D eigenvalue weighted by Gasteiger charge is 2.29. The number of rotatable bonds is 0. The summed E-state index contributed by atoms with van der Waals surface area (Å²) in [5.41, 5.74) is 0.290. The predicted octanol–water partition coefficient (Wildman–Crippen LogP) is 0.884. The third-order valence-electron chi connectivity index (χ3n) is 2.33. The third-order valence-corrected chi connectivity index (χ3v) is 2.33. The molecule has 0 saturated heterocycles. The Morgan fingerprint density at radius 3 is 3.27 bits per heavy atom. The number of imidazole rings is 1. The second-order valence-electron chi connectivity index (χ2n) is 3.35. The average Bonchev–Trinajstić information content (AvgIpc) is 2.34. The van der Waals surface area contributed by atoms with E-state index in [9.17, 15) is 5.11 Å². The normalized spacial score (nSPS) is 30.0. The lowest BCUT2D eigenvalue weighted by Gasteiger charge is -2.29. The second-order valence-corrected chi connectivity index (χ2v) is 3.35. The first-order valence-electron chi connectivity index (χ1n) is 3.93. The maximum Gasteiger partial charge on any atom is 0.103 e. The van der Waals surface area contributed by atoms with Crippen molar-refractivity contribution in [2.45, 2.75) is 31.9 Å². The molecule has 3 heteroatoms. The van der Waals surface area contributed by atoms with Crippen LogP contribution in [0.3, 0.4) is 0 Å². The van der Waals surface area contributed by atoms with Crippen molar-refractivity contribution in [2.75, 3.05) is 0 Å². The van der Waals surface area contributed by atoms with Crippen LogP contribution in [0, 0.1) is 0 Å². The molecule has 1 atom stereocenters. The molecule has 1 aliphatic heterocycles. The van der Waals surface area contributed by atoms with E-state index in [1.54, 1.807) is 12.5 Å². The lowest BCUT2D eigenvalue weighted by Crippen LogP contribution is -2.29. The van der Waals surface area contributed by atoms with Crippen LogP contribution >= 0.6 is 0 Å². The zero-order chi connectivity index (χ0) is 7.90. The van der Waals surface area contributed by atoms with E-state index >= 15 is 0 Å². The van der Waals surface area contributed by atoms with Crippen LogP contribution in [0.2, 0.25) is 0 Å². The van der Waals surface area contributed by atoms with Gasteiger partial charge in [-0.3, -0.25) is 0 Å². The van der Waals surface area contributed by atoms with Crippen LogP contribution in [0.1, 0.15) is 25.5 Å². The van der Waals surface area contributed by atoms with E-state index in [1.807, 2.05) is 11.5 Å². The Balaban J connectivity index is 2.48. The number of aliphatic hydroxyl groups is 1. The molecular formula is C8H12N2O. The highest BCUT2D eigenvalue weighted by Crippen LogP contribution is 2.29. The van der Waals surface area contributed by atoms with E-state index in [4.69, 9.17) is 0 Å². The maximum absolute atomic E-state index is 9.85. The first kappa shape index (κ1) is 6.85. The molecule has 0 amide bonds. The van der Waals surface area contributed by atoms with Gasteiger partial charge in [-0.05, 0) is 19.8 Å². The zero-order valence-corrected chi connectivity index (χ0v) is 6.62. The minimum absolute atomic E-state index is 0.658. The Hall–Kier alpha value is -0.830. The van der Waals surface area contributed by atoms with Crippen molar-refractivity contribution in [1.29, 1.82) is 0 Å². The Bertz CT molecular complexity index is 265. The molecule has 1 unspecified atom stereocenters. The van der Waals surface area contributed by atoms with Crippen LogP contribution < -0.4 is 0 Å². The van der Waals surface area contributed by atoms with Gasteiger partial charge in [0, 0.05) is 6.54 Å². The fourth-order valence-corrected chi connectivity index (χ4v) is 1.67. The van der Waals surface area contributed by atoms with Gasteiger partial charge in [-0.25, -0.2) is 4.98 Å². The van der Waals surface area contributed by atoms with Gasteiger partial charge >= 0.3 is 0 Å². The Labute approximate surface area is 65.7 Å². The van der Waals surface area contributed by atoms with Gasteiger partial charge in [0.25, 0.3) is 0 Å². The smallest absolute Gasteiger partial charge is 0.103 e. The van der Waals surface area contributed by atoms with Crippen molar-refractivity contribution in [2.24, 2.45) is 0 Å².